The Morgan fingerprint density at radius 1 is 1.11 bits per heavy atom. The van der Waals surface area contributed by atoms with Gasteiger partial charge in [0, 0.05) is 20.3 Å². The van der Waals surface area contributed by atoms with Crippen molar-refractivity contribution >= 4 is 5.78 Å². The molecule has 0 N–H and O–H groups in total. The highest BCUT2D eigenvalue weighted by Crippen LogP contribution is 2.07. The molecule has 0 amide bonds. The molecule has 0 heterocycles. The molecule has 0 bridgehead atoms. The van der Waals surface area contributed by atoms with Gasteiger partial charge in [-0.25, -0.2) is 4.39 Å². The minimum absolute atomic E-state index is 0.0684. The van der Waals surface area contributed by atoms with Gasteiger partial charge in [0.15, 0.2) is 5.78 Å². The monoisotopic (exact) mass is 270 g/mol. The highest BCUT2D eigenvalue weighted by molar-refractivity contribution is 5.97. The van der Waals surface area contributed by atoms with Crippen LogP contribution in [-0.4, -0.2) is 45.9 Å². The average Bonchev–Trinajstić information content (AvgIpc) is 2.42. The van der Waals surface area contributed by atoms with E-state index in [4.69, 9.17) is 14.2 Å². The Hall–Kier alpha value is -1.30. The quantitative estimate of drug-likeness (QED) is 0.482. The summed E-state index contributed by atoms with van der Waals surface area (Å²) in [5.74, 6) is -0.864. The Morgan fingerprint density at radius 3 is 2.58 bits per heavy atom. The number of halogens is 1. The summed E-state index contributed by atoms with van der Waals surface area (Å²) in [5, 5.41) is 0. The van der Waals surface area contributed by atoms with Crippen molar-refractivity contribution in [1.29, 1.82) is 0 Å². The third-order valence-electron chi connectivity index (χ3n) is 2.42. The van der Waals surface area contributed by atoms with Crippen LogP contribution in [-0.2, 0) is 14.2 Å². The molecule has 0 fully saturated rings. The molecule has 0 aliphatic rings. The van der Waals surface area contributed by atoms with Crippen molar-refractivity contribution in [2.45, 2.75) is 6.42 Å². The highest BCUT2D eigenvalue weighted by Gasteiger charge is 2.10. The fourth-order valence-electron chi connectivity index (χ4n) is 1.44. The molecule has 0 aromatic heterocycles. The Kier molecular flexibility index (Phi) is 7.97. The van der Waals surface area contributed by atoms with Gasteiger partial charge in [-0.15, -0.1) is 0 Å². The van der Waals surface area contributed by atoms with Gasteiger partial charge in [-0.2, -0.15) is 0 Å². The largest absolute Gasteiger partial charge is 0.382 e. The van der Waals surface area contributed by atoms with Gasteiger partial charge >= 0.3 is 0 Å². The second-order valence-electron chi connectivity index (χ2n) is 3.91. The molecule has 0 spiro atoms. The predicted octanol–water partition coefficient (Wildman–Crippen LogP) is 2.08. The SMILES string of the molecule is COCCOCCCOCC(=O)c1ccccc1F. The maximum Gasteiger partial charge on any atom is 0.191 e. The van der Waals surface area contributed by atoms with Crippen LogP contribution in [0.2, 0.25) is 0 Å². The van der Waals surface area contributed by atoms with Crippen molar-refractivity contribution in [3.8, 4) is 0 Å². The summed E-state index contributed by atoms with van der Waals surface area (Å²) in [4.78, 5) is 11.6. The molecule has 1 aromatic rings. The van der Waals surface area contributed by atoms with E-state index < -0.39 is 5.82 Å². The van der Waals surface area contributed by atoms with Crippen molar-refractivity contribution in [1.82, 2.24) is 0 Å². The summed E-state index contributed by atoms with van der Waals surface area (Å²) in [7, 11) is 1.61. The summed E-state index contributed by atoms with van der Waals surface area (Å²) < 4.78 is 28.5. The van der Waals surface area contributed by atoms with Crippen LogP contribution in [0.25, 0.3) is 0 Å². The molecule has 0 saturated heterocycles. The average molecular weight is 270 g/mol. The van der Waals surface area contributed by atoms with Crippen LogP contribution in [0.15, 0.2) is 24.3 Å². The van der Waals surface area contributed by atoms with Gasteiger partial charge < -0.3 is 14.2 Å². The van der Waals surface area contributed by atoms with Crippen LogP contribution in [0.3, 0.4) is 0 Å². The second kappa shape index (κ2) is 9.61. The van der Waals surface area contributed by atoms with Gasteiger partial charge in [-0.05, 0) is 18.6 Å². The predicted molar refractivity (Wildman–Crippen MR) is 68.9 cm³/mol. The molecule has 1 aromatic carbocycles. The first-order valence-electron chi connectivity index (χ1n) is 6.18. The molecule has 4 nitrogen and oxygen atoms in total. The molecule has 0 unspecified atom stereocenters. The standard InChI is InChI=1S/C14H19FO4/c1-17-9-10-18-7-4-8-19-11-14(16)12-5-2-3-6-13(12)15/h2-3,5-6H,4,7-11H2,1H3. The molecule has 5 heteroatoms. The summed E-state index contributed by atoms with van der Waals surface area (Å²) in [5.41, 5.74) is 0.0684. The lowest BCUT2D eigenvalue weighted by Gasteiger charge is -2.05. The van der Waals surface area contributed by atoms with Gasteiger partial charge in [0.25, 0.3) is 0 Å². The summed E-state index contributed by atoms with van der Waals surface area (Å²) in [6.07, 6.45) is 0.689. The van der Waals surface area contributed by atoms with Crippen molar-refractivity contribution in [2.75, 3.05) is 40.1 Å². The molecule has 1 rings (SSSR count). The third-order valence-corrected chi connectivity index (χ3v) is 2.42. The number of carbonyl (C=O) groups is 1. The van der Waals surface area contributed by atoms with Crippen molar-refractivity contribution in [2.24, 2.45) is 0 Å². The number of Topliss-reactive ketones (excluding diaryl/α,β-unsaturated/α-hetero) is 1. The van der Waals surface area contributed by atoms with Crippen molar-refractivity contribution in [3.05, 3.63) is 35.6 Å². The zero-order valence-corrected chi connectivity index (χ0v) is 11.1. The Bertz CT molecular complexity index is 381. The van der Waals surface area contributed by atoms with E-state index in [-0.39, 0.29) is 18.0 Å². The van der Waals surface area contributed by atoms with Gasteiger partial charge in [0.2, 0.25) is 0 Å². The first kappa shape index (κ1) is 15.8. The minimum Gasteiger partial charge on any atom is -0.382 e. The topological polar surface area (TPSA) is 44.8 Å². The summed E-state index contributed by atoms with van der Waals surface area (Å²) in [6, 6.07) is 5.88. The van der Waals surface area contributed by atoms with Crippen LogP contribution in [0.4, 0.5) is 4.39 Å². The normalized spacial score (nSPS) is 10.6. The molecule has 0 atom stereocenters. The van der Waals surface area contributed by atoms with E-state index in [1.54, 1.807) is 19.2 Å². The van der Waals surface area contributed by atoms with E-state index >= 15 is 0 Å². The van der Waals surface area contributed by atoms with Gasteiger partial charge in [0.05, 0.1) is 18.8 Å². The Morgan fingerprint density at radius 2 is 1.84 bits per heavy atom. The first-order valence-corrected chi connectivity index (χ1v) is 6.18. The number of carbonyl (C=O) groups excluding carboxylic acids is 1. The number of benzene rings is 1. The zero-order valence-electron chi connectivity index (χ0n) is 11.1. The second-order valence-corrected chi connectivity index (χ2v) is 3.91. The molecular formula is C14H19FO4. The smallest absolute Gasteiger partial charge is 0.191 e. The summed E-state index contributed by atoms with van der Waals surface area (Å²) in [6.45, 7) is 1.96. The van der Waals surface area contributed by atoms with Crippen LogP contribution in [0, 0.1) is 5.82 Å². The van der Waals surface area contributed by atoms with Gasteiger partial charge in [-0.3, -0.25) is 4.79 Å². The fraction of sp³-hybridized carbons (Fsp3) is 0.500. The summed E-state index contributed by atoms with van der Waals surface area (Å²) >= 11 is 0. The number of methoxy groups -OCH3 is 1. The lowest BCUT2D eigenvalue weighted by Crippen LogP contribution is -2.12. The van der Waals surface area contributed by atoms with E-state index in [0.717, 1.165) is 0 Å². The fourth-order valence-corrected chi connectivity index (χ4v) is 1.44. The number of ether oxygens (including phenoxy) is 3. The number of hydrogen-bond donors (Lipinski definition) is 0. The molecule has 19 heavy (non-hydrogen) atoms. The number of hydrogen-bond acceptors (Lipinski definition) is 4. The molecule has 0 aliphatic heterocycles. The van der Waals surface area contributed by atoms with Gasteiger partial charge in [-0.1, -0.05) is 12.1 Å². The molecule has 0 radical (unpaired) electrons. The van der Waals surface area contributed by atoms with Crippen LogP contribution in [0.1, 0.15) is 16.8 Å². The first-order chi connectivity index (χ1) is 9.25. The van der Waals surface area contributed by atoms with E-state index in [2.05, 4.69) is 0 Å². The molecule has 106 valence electrons. The Balaban J connectivity index is 2.10. The van der Waals surface area contributed by atoms with Crippen molar-refractivity contribution < 1.29 is 23.4 Å². The van der Waals surface area contributed by atoms with E-state index in [1.165, 1.54) is 12.1 Å². The molecule has 0 aliphatic carbocycles. The third kappa shape index (κ3) is 6.42. The maximum atomic E-state index is 13.3. The Labute approximate surface area is 112 Å². The van der Waals surface area contributed by atoms with E-state index in [9.17, 15) is 9.18 Å². The minimum atomic E-state index is -0.515. The molecular weight excluding hydrogens is 251 g/mol. The zero-order chi connectivity index (χ0) is 13.9. The lowest BCUT2D eigenvalue weighted by molar-refractivity contribution is 0.0487. The number of ketones is 1. The number of rotatable bonds is 10. The van der Waals surface area contributed by atoms with E-state index in [1.807, 2.05) is 0 Å². The van der Waals surface area contributed by atoms with Gasteiger partial charge in [0.1, 0.15) is 12.4 Å². The van der Waals surface area contributed by atoms with E-state index in [0.29, 0.717) is 32.8 Å². The highest BCUT2D eigenvalue weighted by atomic mass is 19.1. The van der Waals surface area contributed by atoms with Crippen LogP contribution < -0.4 is 0 Å². The van der Waals surface area contributed by atoms with Crippen LogP contribution >= 0.6 is 0 Å². The van der Waals surface area contributed by atoms with Crippen LogP contribution in [0.5, 0.6) is 0 Å². The van der Waals surface area contributed by atoms with Crippen molar-refractivity contribution in [3.63, 3.8) is 0 Å². The maximum absolute atomic E-state index is 13.3. The lowest BCUT2D eigenvalue weighted by atomic mass is 10.1. The molecule has 0 saturated carbocycles.